The summed E-state index contributed by atoms with van der Waals surface area (Å²) in [6, 6.07) is 12.4. The number of methoxy groups -OCH3 is 1. The van der Waals surface area contributed by atoms with Gasteiger partial charge in [-0.2, -0.15) is 0 Å². The fraction of sp³-hybridized carbons (Fsp3) is 0.179. The van der Waals surface area contributed by atoms with Crippen LogP contribution in [0.25, 0.3) is 27.7 Å². The lowest BCUT2D eigenvalue weighted by Crippen LogP contribution is -2.10. The largest absolute Gasteiger partial charge is 0.497 e. The molecular weight excluding hydrogens is 452 g/mol. The van der Waals surface area contributed by atoms with Crippen molar-refractivity contribution >= 4 is 28.1 Å². The topological polar surface area (TPSA) is 60.7 Å². The Kier molecular flexibility index (Phi) is 6.87. The van der Waals surface area contributed by atoms with Crippen molar-refractivity contribution in [1.29, 1.82) is 0 Å². The summed E-state index contributed by atoms with van der Waals surface area (Å²) in [4.78, 5) is 12.6. The Labute approximate surface area is 202 Å². The Morgan fingerprint density at radius 1 is 1.11 bits per heavy atom. The van der Waals surface area contributed by atoms with Crippen LogP contribution in [0.3, 0.4) is 0 Å². The second kappa shape index (κ2) is 10.0. The maximum Gasteiger partial charge on any atom is 0.248 e. The third kappa shape index (κ3) is 4.89. The van der Waals surface area contributed by atoms with Crippen LogP contribution in [-0.2, 0) is 4.79 Å². The van der Waals surface area contributed by atoms with E-state index in [1.165, 1.54) is 6.08 Å². The zero-order valence-electron chi connectivity index (χ0n) is 19.9. The summed E-state index contributed by atoms with van der Waals surface area (Å²) >= 11 is 0. The van der Waals surface area contributed by atoms with E-state index >= 15 is 0 Å². The number of aryl methyl sites for hydroxylation is 1. The normalized spacial score (nSPS) is 11.5. The molecule has 4 rings (SSSR count). The zero-order chi connectivity index (χ0) is 25.1. The van der Waals surface area contributed by atoms with Gasteiger partial charge in [0.15, 0.2) is 0 Å². The van der Waals surface area contributed by atoms with Crippen molar-refractivity contribution in [2.45, 2.75) is 20.8 Å². The fourth-order valence-electron chi connectivity index (χ4n) is 3.97. The first-order valence-corrected chi connectivity index (χ1v) is 11.1. The molecule has 0 aliphatic carbocycles. The molecule has 1 aromatic heterocycles. The number of benzene rings is 3. The Bertz CT molecular complexity index is 1420. The van der Waals surface area contributed by atoms with Gasteiger partial charge in [0.25, 0.3) is 0 Å². The minimum absolute atomic E-state index is 0.229. The number of halogens is 2. The van der Waals surface area contributed by atoms with Crippen molar-refractivity contribution in [2.24, 2.45) is 0 Å². The van der Waals surface area contributed by atoms with Crippen LogP contribution in [0, 0.1) is 18.6 Å². The van der Waals surface area contributed by atoms with E-state index in [0.717, 1.165) is 46.0 Å². The van der Waals surface area contributed by atoms with Crippen LogP contribution in [0.2, 0.25) is 0 Å². The molecule has 1 heterocycles. The molecule has 0 fully saturated rings. The molecule has 3 aromatic carbocycles. The zero-order valence-corrected chi connectivity index (χ0v) is 19.9. The summed E-state index contributed by atoms with van der Waals surface area (Å²) in [5.74, 6) is -0.616. The molecule has 1 amide bonds. The molecule has 5 nitrogen and oxygen atoms in total. The minimum atomic E-state index is -0.722. The molecule has 0 saturated carbocycles. The molecule has 0 radical (unpaired) electrons. The highest BCUT2D eigenvalue weighted by Gasteiger charge is 2.19. The number of allylic oxidation sites excluding steroid dienone is 1. The second-order valence-corrected chi connectivity index (χ2v) is 8.01. The lowest BCUT2D eigenvalue weighted by Gasteiger charge is -2.15. The molecular formula is C28H25F2NO4. The van der Waals surface area contributed by atoms with Crippen molar-refractivity contribution < 1.29 is 27.5 Å². The highest BCUT2D eigenvalue weighted by molar-refractivity contribution is 6.06. The predicted molar refractivity (Wildman–Crippen MR) is 133 cm³/mol. The lowest BCUT2D eigenvalue weighted by atomic mass is 9.96. The summed E-state index contributed by atoms with van der Waals surface area (Å²) in [6.07, 6.45) is 3.03. The van der Waals surface area contributed by atoms with Crippen molar-refractivity contribution in [3.8, 4) is 22.6 Å². The molecule has 0 aliphatic heterocycles. The van der Waals surface area contributed by atoms with Crippen LogP contribution in [0.1, 0.15) is 25.0 Å². The Balaban J connectivity index is 1.77. The van der Waals surface area contributed by atoms with Gasteiger partial charge in [-0.25, -0.2) is 8.78 Å². The van der Waals surface area contributed by atoms with Crippen LogP contribution in [0.15, 0.2) is 65.3 Å². The molecule has 0 spiro atoms. The molecule has 0 bridgehead atoms. The van der Waals surface area contributed by atoms with Crippen LogP contribution in [0.4, 0.5) is 14.5 Å². The molecule has 35 heavy (non-hydrogen) atoms. The van der Waals surface area contributed by atoms with Gasteiger partial charge in [0.1, 0.15) is 28.7 Å². The number of ether oxygens (including phenoxy) is 2. The number of hydrogen-bond donors (Lipinski definition) is 1. The highest BCUT2D eigenvalue weighted by Crippen LogP contribution is 2.41. The van der Waals surface area contributed by atoms with E-state index in [1.54, 1.807) is 20.3 Å². The average Bonchev–Trinajstić information content (AvgIpc) is 3.27. The SMILES string of the molecule is CCOc1c(/C(C)=C/C(=O)Nc2cc(F)ccc2F)cc2c(-c3ccc(OC)cc3)coc2c1C. The number of furan rings is 1. The number of fused-ring (bicyclic) bond motifs is 1. The number of carbonyl (C=O) groups excluding carboxylic acids is 1. The van der Waals surface area contributed by atoms with E-state index in [1.807, 2.05) is 44.2 Å². The van der Waals surface area contributed by atoms with Gasteiger partial charge >= 0.3 is 0 Å². The number of anilines is 1. The Morgan fingerprint density at radius 2 is 1.86 bits per heavy atom. The molecule has 1 N–H and O–H groups in total. The number of rotatable bonds is 7. The second-order valence-electron chi connectivity index (χ2n) is 8.01. The van der Waals surface area contributed by atoms with Gasteiger partial charge in [0.2, 0.25) is 5.91 Å². The van der Waals surface area contributed by atoms with Gasteiger partial charge in [-0.1, -0.05) is 12.1 Å². The maximum atomic E-state index is 14.0. The molecule has 0 saturated heterocycles. The summed E-state index contributed by atoms with van der Waals surface area (Å²) in [6.45, 7) is 5.95. The molecule has 0 aliphatic rings. The first kappa shape index (κ1) is 24.0. The predicted octanol–water partition coefficient (Wildman–Crippen LogP) is 7.14. The van der Waals surface area contributed by atoms with Crippen molar-refractivity contribution in [3.05, 3.63) is 83.6 Å². The van der Waals surface area contributed by atoms with E-state index in [0.29, 0.717) is 29.1 Å². The van der Waals surface area contributed by atoms with Crippen LogP contribution >= 0.6 is 0 Å². The third-order valence-corrected chi connectivity index (χ3v) is 5.69. The fourth-order valence-corrected chi connectivity index (χ4v) is 3.97. The van der Waals surface area contributed by atoms with E-state index in [9.17, 15) is 13.6 Å². The summed E-state index contributed by atoms with van der Waals surface area (Å²) < 4.78 is 44.5. The molecule has 180 valence electrons. The molecule has 0 atom stereocenters. The monoisotopic (exact) mass is 477 g/mol. The van der Waals surface area contributed by atoms with Gasteiger partial charge in [-0.15, -0.1) is 0 Å². The van der Waals surface area contributed by atoms with Gasteiger partial charge < -0.3 is 19.2 Å². The summed E-state index contributed by atoms with van der Waals surface area (Å²) in [5, 5.41) is 3.25. The number of amides is 1. The van der Waals surface area contributed by atoms with Crippen molar-refractivity contribution in [3.63, 3.8) is 0 Å². The van der Waals surface area contributed by atoms with Gasteiger partial charge in [0.05, 0.1) is 25.7 Å². The Hall–Kier alpha value is -4.13. The van der Waals surface area contributed by atoms with Gasteiger partial charge in [-0.05, 0) is 62.2 Å². The molecule has 0 unspecified atom stereocenters. The van der Waals surface area contributed by atoms with Gasteiger partial charge in [-0.3, -0.25) is 4.79 Å². The van der Waals surface area contributed by atoms with Crippen LogP contribution in [-0.4, -0.2) is 19.6 Å². The van der Waals surface area contributed by atoms with E-state index in [4.69, 9.17) is 13.9 Å². The van der Waals surface area contributed by atoms with Crippen molar-refractivity contribution in [2.75, 3.05) is 19.0 Å². The first-order valence-electron chi connectivity index (χ1n) is 11.1. The summed E-state index contributed by atoms with van der Waals surface area (Å²) in [5.41, 5.74) is 4.37. The number of carbonyl (C=O) groups is 1. The van der Waals surface area contributed by atoms with Crippen LogP contribution in [0.5, 0.6) is 11.5 Å². The quantitative estimate of drug-likeness (QED) is 0.288. The first-order chi connectivity index (χ1) is 16.8. The van der Waals surface area contributed by atoms with Crippen LogP contribution < -0.4 is 14.8 Å². The lowest BCUT2D eigenvalue weighted by molar-refractivity contribution is -0.111. The highest BCUT2D eigenvalue weighted by atomic mass is 19.1. The van der Waals surface area contributed by atoms with Gasteiger partial charge in [0, 0.05) is 34.2 Å². The number of nitrogens with one attached hydrogen (secondary N) is 1. The molecule has 4 aromatic rings. The Morgan fingerprint density at radius 3 is 2.54 bits per heavy atom. The standard InChI is InChI=1S/C28H25F2NO4/c1-5-34-27-17(3)28-22(23(15-35-28)18-6-9-20(33-4)10-7-18)14-21(27)16(2)12-26(32)31-25-13-19(29)8-11-24(25)30/h6-15H,5H2,1-4H3,(H,31,32)/b16-12+. The minimum Gasteiger partial charge on any atom is -0.497 e. The summed E-state index contributed by atoms with van der Waals surface area (Å²) in [7, 11) is 1.61. The number of hydrogen-bond acceptors (Lipinski definition) is 4. The molecule has 7 heteroatoms. The van der Waals surface area contributed by atoms with E-state index < -0.39 is 17.5 Å². The smallest absolute Gasteiger partial charge is 0.248 e. The van der Waals surface area contributed by atoms with E-state index in [2.05, 4.69) is 5.32 Å². The third-order valence-electron chi connectivity index (χ3n) is 5.69. The maximum absolute atomic E-state index is 14.0. The van der Waals surface area contributed by atoms with Crippen molar-refractivity contribution in [1.82, 2.24) is 0 Å². The van der Waals surface area contributed by atoms with E-state index in [-0.39, 0.29) is 5.69 Å². The average molecular weight is 478 g/mol.